The van der Waals surface area contributed by atoms with Gasteiger partial charge in [0.2, 0.25) is 0 Å². The van der Waals surface area contributed by atoms with E-state index < -0.39 is 17.2 Å². The van der Waals surface area contributed by atoms with Gasteiger partial charge in [-0.05, 0) is 33.6 Å². The lowest BCUT2D eigenvalue weighted by Crippen LogP contribution is -2.43. The van der Waals surface area contributed by atoms with E-state index >= 15 is 0 Å². The zero-order valence-electron chi connectivity index (χ0n) is 10.4. The Morgan fingerprint density at radius 3 is 2.35 bits per heavy atom. The van der Waals surface area contributed by atoms with Gasteiger partial charge in [-0.25, -0.2) is 4.79 Å². The minimum Gasteiger partial charge on any atom is -0.463 e. The van der Waals surface area contributed by atoms with Gasteiger partial charge in [0.15, 0.2) is 0 Å². The Morgan fingerprint density at radius 1 is 1.35 bits per heavy atom. The molecule has 5 nitrogen and oxygen atoms in total. The van der Waals surface area contributed by atoms with Crippen LogP contribution in [0.3, 0.4) is 0 Å². The molecule has 0 atom stereocenters. The SMILES string of the molecule is CC(C)(C)OC(=O)NC1(COC(=O)CS)CC1. The molecule has 0 bridgehead atoms. The molecule has 0 saturated heterocycles. The quantitative estimate of drug-likeness (QED) is 0.595. The van der Waals surface area contributed by atoms with Crippen LogP contribution >= 0.6 is 12.6 Å². The molecule has 1 fully saturated rings. The number of rotatable bonds is 4. The third-order valence-corrected chi connectivity index (χ3v) is 2.52. The lowest BCUT2D eigenvalue weighted by Gasteiger charge is -2.23. The molecule has 1 aliphatic rings. The molecule has 0 radical (unpaired) electrons. The first-order chi connectivity index (χ1) is 7.76. The number of thiol groups is 1. The standard InChI is InChI=1S/C11H19NO4S/c1-10(2,3)16-9(14)12-11(4-5-11)7-15-8(13)6-17/h17H,4-7H2,1-3H3,(H,12,14). The molecule has 1 amide bonds. The lowest BCUT2D eigenvalue weighted by molar-refractivity contribution is -0.141. The first-order valence-corrected chi connectivity index (χ1v) is 6.17. The molecule has 1 saturated carbocycles. The fraction of sp³-hybridized carbons (Fsp3) is 0.818. The first kappa shape index (κ1) is 14.2. The van der Waals surface area contributed by atoms with Gasteiger partial charge in [0.05, 0.1) is 11.3 Å². The molecule has 0 aromatic carbocycles. The lowest BCUT2D eigenvalue weighted by atomic mass is 10.2. The predicted molar refractivity (Wildman–Crippen MR) is 66.1 cm³/mol. The van der Waals surface area contributed by atoms with Crippen molar-refractivity contribution >= 4 is 24.7 Å². The van der Waals surface area contributed by atoms with E-state index in [0.717, 1.165) is 12.8 Å². The molecule has 0 spiro atoms. The largest absolute Gasteiger partial charge is 0.463 e. The first-order valence-electron chi connectivity index (χ1n) is 5.54. The summed E-state index contributed by atoms with van der Waals surface area (Å²) in [6.45, 7) is 5.58. The van der Waals surface area contributed by atoms with Crippen molar-refractivity contribution in [3.05, 3.63) is 0 Å². The van der Waals surface area contributed by atoms with E-state index in [4.69, 9.17) is 9.47 Å². The summed E-state index contributed by atoms with van der Waals surface area (Å²) in [5.41, 5.74) is -0.955. The summed E-state index contributed by atoms with van der Waals surface area (Å²) in [5, 5.41) is 2.74. The number of amides is 1. The number of nitrogens with one attached hydrogen (secondary N) is 1. The predicted octanol–water partition coefficient (Wildman–Crippen LogP) is 1.52. The zero-order chi connectivity index (χ0) is 13.1. The fourth-order valence-corrected chi connectivity index (χ4v) is 1.33. The van der Waals surface area contributed by atoms with Crippen molar-refractivity contribution in [1.29, 1.82) is 0 Å². The van der Waals surface area contributed by atoms with Crippen molar-refractivity contribution in [2.24, 2.45) is 0 Å². The number of alkyl carbamates (subject to hydrolysis) is 1. The van der Waals surface area contributed by atoms with Crippen LogP contribution in [0.15, 0.2) is 0 Å². The van der Waals surface area contributed by atoms with Gasteiger partial charge >= 0.3 is 12.1 Å². The Hall–Kier alpha value is -0.910. The summed E-state index contributed by atoms with van der Waals surface area (Å²) in [4.78, 5) is 22.5. The average Bonchev–Trinajstić information content (AvgIpc) is 2.91. The maximum atomic E-state index is 11.5. The molecule has 98 valence electrons. The second-order valence-electron chi connectivity index (χ2n) is 5.23. The van der Waals surface area contributed by atoms with E-state index in [0.29, 0.717) is 0 Å². The van der Waals surface area contributed by atoms with Gasteiger partial charge in [-0.3, -0.25) is 4.79 Å². The van der Waals surface area contributed by atoms with Crippen molar-refractivity contribution in [2.75, 3.05) is 12.4 Å². The monoisotopic (exact) mass is 261 g/mol. The van der Waals surface area contributed by atoms with Crippen LogP contribution in [0.1, 0.15) is 33.6 Å². The Kier molecular flexibility index (Phi) is 4.30. The van der Waals surface area contributed by atoms with Crippen molar-refractivity contribution in [2.45, 2.75) is 44.8 Å². The number of ether oxygens (including phenoxy) is 2. The van der Waals surface area contributed by atoms with E-state index in [9.17, 15) is 9.59 Å². The third-order valence-electron chi connectivity index (χ3n) is 2.26. The summed E-state index contributed by atoms with van der Waals surface area (Å²) >= 11 is 3.81. The summed E-state index contributed by atoms with van der Waals surface area (Å²) < 4.78 is 10.1. The van der Waals surface area contributed by atoms with E-state index in [1.54, 1.807) is 20.8 Å². The second-order valence-corrected chi connectivity index (χ2v) is 5.54. The smallest absolute Gasteiger partial charge is 0.408 e. The molecule has 1 N–H and O–H groups in total. The highest BCUT2D eigenvalue weighted by atomic mass is 32.1. The van der Waals surface area contributed by atoms with Gasteiger partial charge in [0.25, 0.3) is 0 Å². The summed E-state index contributed by atoms with van der Waals surface area (Å²) in [5.74, 6) is -0.340. The van der Waals surface area contributed by atoms with Gasteiger partial charge in [-0.15, -0.1) is 0 Å². The van der Waals surface area contributed by atoms with Crippen LogP contribution < -0.4 is 5.32 Å². The van der Waals surface area contributed by atoms with Crippen LogP contribution in [-0.2, 0) is 14.3 Å². The summed E-state index contributed by atoms with van der Waals surface area (Å²) in [6.07, 6.45) is 1.12. The van der Waals surface area contributed by atoms with Crippen molar-refractivity contribution in [3.8, 4) is 0 Å². The minimum absolute atomic E-state index is 0.0442. The van der Waals surface area contributed by atoms with Gasteiger partial charge < -0.3 is 14.8 Å². The van der Waals surface area contributed by atoms with Crippen LogP contribution in [0.4, 0.5) is 4.79 Å². The van der Waals surface area contributed by atoms with E-state index in [-0.39, 0.29) is 18.3 Å². The Bertz CT molecular complexity index is 307. The Morgan fingerprint density at radius 2 is 1.94 bits per heavy atom. The van der Waals surface area contributed by atoms with Gasteiger partial charge in [0, 0.05) is 0 Å². The topological polar surface area (TPSA) is 64.6 Å². The maximum absolute atomic E-state index is 11.5. The number of esters is 1. The number of carbonyl (C=O) groups excluding carboxylic acids is 2. The number of hydrogen-bond acceptors (Lipinski definition) is 5. The highest BCUT2D eigenvalue weighted by Gasteiger charge is 2.46. The summed E-state index contributed by atoms with van der Waals surface area (Å²) in [7, 11) is 0. The van der Waals surface area contributed by atoms with E-state index in [1.165, 1.54) is 0 Å². The average molecular weight is 261 g/mol. The molecule has 0 aromatic heterocycles. The van der Waals surface area contributed by atoms with Crippen molar-refractivity contribution in [3.63, 3.8) is 0 Å². The molecular formula is C11H19NO4S. The van der Waals surface area contributed by atoms with Gasteiger partial charge in [-0.2, -0.15) is 12.6 Å². The Balaban J connectivity index is 2.35. The second kappa shape index (κ2) is 5.16. The van der Waals surface area contributed by atoms with Crippen LogP contribution in [0.5, 0.6) is 0 Å². The van der Waals surface area contributed by atoms with E-state index in [1.807, 2.05) is 0 Å². The fourth-order valence-electron chi connectivity index (χ4n) is 1.24. The number of hydrogen-bond donors (Lipinski definition) is 2. The molecule has 0 heterocycles. The van der Waals surface area contributed by atoms with Crippen LogP contribution in [0, 0.1) is 0 Å². The molecule has 0 aliphatic heterocycles. The minimum atomic E-state index is -0.526. The molecule has 1 aliphatic carbocycles. The van der Waals surface area contributed by atoms with Crippen molar-refractivity contribution < 1.29 is 19.1 Å². The van der Waals surface area contributed by atoms with Gasteiger partial charge in [-0.1, -0.05) is 0 Å². The molecule has 0 aromatic rings. The van der Waals surface area contributed by atoms with E-state index in [2.05, 4.69) is 17.9 Å². The highest BCUT2D eigenvalue weighted by molar-refractivity contribution is 7.81. The Labute approximate surface area is 107 Å². The van der Waals surface area contributed by atoms with Crippen LogP contribution in [-0.4, -0.2) is 35.6 Å². The van der Waals surface area contributed by atoms with Crippen molar-refractivity contribution in [1.82, 2.24) is 5.32 Å². The third kappa shape index (κ3) is 5.30. The molecule has 0 unspecified atom stereocenters. The molecular weight excluding hydrogens is 242 g/mol. The normalized spacial score (nSPS) is 17.2. The highest BCUT2D eigenvalue weighted by Crippen LogP contribution is 2.35. The number of carbonyl (C=O) groups is 2. The van der Waals surface area contributed by atoms with Crippen LogP contribution in [0.2, 0.25) is 0 Å². The van der Waals surface area contributed by atoms with Crippen LogP contribution in [0.25, 0.3) is 0 Å². The molecule has 1 rings (SSSR count). The maximum Gasteiger partial charge on any atom is 0.408 e. The summed E-state index contributed by atoms with van der Waals surface area (Å²) in [6, 6.07) is 0. The zero-order valence-corrected chi connectivity index (χ0v) is 11.3. The molecule has 6 heteroatoms. The molecule has 17 heavy (non-hydrogen) atoms. The van der Waals surface area contributed by atoms with Gasteiger partial charge in [0.1, 0.15) is 12.2 Å².